The first kappa shape index (κ1) is 13.6. The molecular weight excluding hydrogens is 220 g/mol. The van der Waals surface area contributed by atoms with Gasteiger partial charge in [-0.25, -0.2) is 4.98 Å². The maximum absolute atomic E-state index is 9.38. The van der Waals surface area contributed by atoms with Gasteiger partial charge < -0.3 is 10.4 Å². The molecule has 0 spiro atoms. The summed E-state index contributed by atoms with van der Waals surface area (Å²) in [5, 5.41) is 12.8. The molecule has 0 aliphatic rings. The van der Waals surface area contributed by atoms with Crippen LogP contribution >= 0.6 is 11.3 Å². The summed E-state index contributed by atoms with van der Waals surface area (Å²) in [6, 6.07) is 0. The quantitative estimate of drug-likeness (QED) is 0.805. The van der Waals surface area contributed by atoms with Crippen LogP contribution in [0.15, 0.2) is 5.51 Å². The second-order valence-electron chi connectivity index (χ2n) is 5.18. The van der Waals surface area contributed by atoms with Crippen LogP contribution in [-0.2, 0) is 6.54 Å². The Balaban J connectivity index is 2.32. The van der Waals surface area contributed by atoms with Gasteiger partial charge in [0.25, 0.3) is 0 Å². The van der Waals surface area contributed by atoms with E-state index < -0.39 is 0 Å². The van der Waals surface area contributed by atoms with Crippen molar-refractivity contribution in [3.8, 4) is 0 Å². The SMILES string of the molecule is Cc1ncsc1CNCC(C)(C)CC(C)O. The number of aliphatic hydroxyl groups excluding tert-OH is 1. The van der Waals surface area contributed by atoms with Crippen LogP contribution in [-0.4, -0.2) is 22.7 Å². The monoisotopic (exact) mass is 242 g/mol. The van der Waals surface area contributed by atoms with Crippen LogP contribution < -0.4 is 5.32 Å². The molecule has 0 aliphatic carbocycles. The molecule has 0 saturated heterocycles. The van der Waals surface area contributed by atoms with E-state index in [1.807, 2.05) is 19.4 Å². The van der Waals surface area contributed by atoms with Crippen LogP contribution in [0.2, 0.25) is 0 Å². The largest absolute Gasteiger partial charge is 0.393 e. The number of hydrogen-bond acceptors (Lipinski definition) is 4. The highest BCUT2D eigenvalue weighted by atomic mass is 32.1. The molecule has 0 saturated carbocycles. The average Bonchev–Trinajstić information content (AvgIpc) is 2.49. The minimum Gasteiger partial charge on any atom is -0.393 e. The number of nitrogens with one attached hydrogen (secondary N) is 1. The van der Waals surface area contributed by atoms with Crippen molar-refractivity contribution in [1.29, 1.82) is 0 Å². The van der Waals surface area contributed by atoms with Gasteiger partial charge in [0.05, 0.1) is 17.3 Å². The second-order valence-corrected chi connectivity index (χ2v) is 6.12. The first-order chi connectivity index (χ1) is 7.41. The summed E-state index contributed by atoms with van der Waals surface area (Å²) in [6.45, 7) is 10.0. The zero-order valence-corrected chi connectivity index (χ0v) is 11.4. The predicted octanol–water partition coefficient (Wildman–Crippen LogP) is 2.34. The first-order valence-electron chi connectivity index (χ1n) is 5.68. The molecule has 16 heavy (non-hydrogen) atoms. The molecule has 1 aromatic heterocycles. The number of rotatable bonds is 6. The minimum atomic E-state index is -0.234. The number of aromatic nitrogens is 1. The molecule has 0 radical (unpaired) electrons. The molecule has 1 aromatic rings. The molecule has 0 bridgehead atoms. The Bertz CT molecular complexity index is 321. The Morgan fingerprint density at radius 3 is 2.75 bits per heavy atom. The third-order valence-corrected chi connectivity index (χ3v) is 3.52. The van der Waals surface area contributed by atoms with Crippen molar-refractivity contribution in [1.82, 2.24) is 10.3 Å². The highest BCUT2D eigenvalue weighted by molar-refractivity contribution is 7.09. The summed E-state index contributed by atoms with van der Waals surface area (Å²) in [6.07, 6.45) is 0.587. The lowest BCUT2D eigenvalue weighted by atomic mass is 9.87. The maximum atomic E-state index is 9.38. The van der Waals surface area contributed by atoms with Crippen LogP contribution in [0.3, 0.4) is 0 Å². The minimum absolute atomic E-state index is 0.132. The van der Waals surface area contributed by atoms with E-state index in [0.717, 1.165) is 25.2 Å². The van der Waals surface area contributed by atoms with Gasteiger partial charge in [0.1, 0.15) is 0 Å². The standard InChI is InChI=1S/C12H22N2OS/c1-9(15)5-12(3,4)7-13-6-11-10(2)14-8-16-11/h8-9,13,15H,5-7H2,1-4H3. The number of nitrogens with zero attached hydrogens (tertiary/aromatic N) is 1. The van der Waals surface area contributed by atoms with Gasteiger partial charge in [-0.15, -0.1) is 11.3 Å². The zero-order chi connectivity index (χ0) is 12.2. The highest BCUT2D eigenvalue weighted by Crippen LogP contribution is 2.21. The predicted molar refractivity (Wildman–Crippen MR) is 68.6 cm³/mol. The van der Waals surface area contributed by atoms with Crippen molar-refractivity contribution in [2.75, 3.05) is 6.54 Å². The molecule has 3 nitrogen and oxygen atoms in total. The number of thiazole rings is 1. The van der Waals surface area contributed by atoms with Crippen LogP contribution in [0, 0.1) is 12.3 Å². The fourth-order valence-electron chi connectivity index (χ4n) is 1.88. The lowest BCUT2D eigenvalue weighted by Gasteiger charge is -2.26. The summed E-state index contributed by atoms with van der Waals surface area (Å²) < 4.78 is 0. The molecule has 1 atom stereocenters. The zero-order valence-electron chi connectivity index (χ0n) is 10.6. The maximum Gasteiger partial charge on any atom is 0.0798 e. The van der Waals surface area contributed by atoms with Crippen LogP contribution in [0.5, 0.6) is 0 Å². The van der Waals surface area contributed by atoms with E-state index in [9.17, 15) is 5.11 Å². The van der Waals surface area contributed by atoms with Crippen LogP contribution in [0.25, 0.3) is 0 Å². The van der Waals surface area contributed by atoms with E-state index in [1.54, 1.807) is 11.3 Å². The van der Waals surface area contributed by atoms with Crippen LogP contribution in [0.1, 0.15) is 37.8 Å². The topological polar surface area (TPSA) is 45.2 Å². The Hall–Kier alpha value is -0.450. The summed E-state index contributed by atoms with van der Waals surface area (Å²) >= 11 is 1.69. The number of aliphatic hydroxyl groups is 1. The molecular formula is C12H22N2OS. The van der Waals surface area contributed by atoms with Gasteiger partial charge in [-0.3, -0.25) is 0 Å². The molecule has 4 heteroatoms. The Labute approximate surface area is 102 Å². The molecule has 0 aliphatic heterocycles. The second kappa shape index (κ2) is 5.75. The lowest BCUT2D eigenvalue weighted by molar-refractivity contribution is 0.128. The summed E-state index contributed by atoms with van der Waals surface area (Å²) in [4.78, 5) is 5.52. The highest BCUT2D eigenvalue weighted by Gasteiger charge is 2.19. The van der Waals surface area contributed by atoms with E-state index in [0.29, 0.717) is 0 Å². The molecule has 0 fully saturated rings. The van der Waals surface area contributed by atoms with Crippen molar-refractivity contribution in [3.63, 3.8) is 0 Å². The summed E-state index contributed by atoms with van der Waals surface area (Å²) in [5.74, 6) is 0. The Morgan fingerprint density at radius 1 is 1.56 bits per heavy atom. The van der Waals surface area contributed by atoms with E-state index in [4.69, 9.17) is 0 Å². The molecule has 2 N–H and O–H groups in total. The van der Waals surface area contributed by atoms with Gasteiger partial charge in [0, 0.05) is 18.0 Å². The van der Waals surface area contributed by atoms with Gasteiger partial charge in [-0.05, 0) is 25.7 Å². The first-order valence-corrected chi connectivity index (χ1v) is 6.56. The normalized spacial score (nSPS) is 14.1. The van der Waals surface area contributed by atoms with Gasteiger partial charge >= 0.3 is 0 Å². The fraction of sp³-hybridized carbons (Fsp3) is 0.750. The summed E-state index contributed by atoms with van der Waals surface area (Å²) in [5.41, 5.74) is 3.13. The van der Waals surface area contributed by atoms with Gasteiger partial charge in [-0.1, -0.05) is 13.8 Å². The smallest absolute Gasteiger partial charge is 0.0798 e. The number of hydrogen-bond donors (Lipinski definition) is 2. The Morgan fingerprint density at radius 2 is 2.25 bits per heavy atom. The molecule has 0 aromatic carbocycles. The van der Waals surface area contributed by atoms with Crippen molar-refractivity contribution >= 4 is 11.3 Å². The van der Waals surface area contributed by atoms with Crippen LogP contribution in [0.4, 0.5) is 0 Å². The van der Waals surface area contributed by atoms with E-state index in [2.05, 4.69) is 24.1 Å². The Kier molecular flexibility index (Phi) is 4.89. The molecule has 1 unspecified atom stereocenters. The van der Waals surface area contributed by atoms with Crippen molar-refractivity contribution in [2.45, 2.75) is 46.8 Å². The van der Waals surface area contributed by atoms with Crippen molar-refractivity contribution < 1.29 is 5.11 Å². The van der Waals surface area contributed by atoms with E-state index in [1.165, 1.54) is 4.88 Å². The number of aryl methyl sites for hydroxylation is 1. The fourth-order valence-corrected chi connectivity index (χ4v) is 2.63. The van der Waals surface area contributed by atoms with Gasteiger partial charge in [0.2, 0.25) is 0 Å². The molecule has 92 valence electrons. The molecule has 0 amide bonds. The molecule has 1 heterocycles. The van der Waals surface area contributed by atoms with Gasteiger partial charge in [-0.2, -0.15) is 0 Å². The molecule has 1 rings (SSSR count). The third-order valence-electron chi connectivity index (χ3n) is 2.58. The van der Waals surface area contributed by atoms with E-state index >= 15 is 0 Å². The lowest BCUT2D eigenvalue weighted by Crippen LogP contribution is -2.31. The van der Waals surface area contributed by atoms with Crippen molar-refractivity contribution in [2.24, 2.45) is 5.41 Å². The summed E-state index contributed by atoms with van der Waals surface area (Å²) in [7, 11) is 0. The average molecular weight is 242 g/mol. The third kappa shape index (κ3) is 4.60. The van der Waals surface area contributed by atoms with Crippen molar-refractivity contribution in [3.05, 3.63) is 16.1 Å². The van der Waals surface area contributed by atoms with E-state index in [-0.39, 0.29) is 11.5 Å². The van der Waals surface area contributed by atoms with Gasteiger partial charge in [0.15, 0.2) is 0 Å².